The number of carbonyl (C=O) groups is 1. The van der Waals surface area contributed by atoms with E-state index in [0.717, 1.165) is 36.0 Å². The van der Waals surface area contributed by atoms with E-state index in [1.54, 1.807) is 26.0 Å². The number of aliphatic hydroxyl groups excluding tert-OH is 1. The molecule has 0 aliphatic rings. The van der Waals surface area contributed by atoms with Crippen molar-refractivity contribution in [3.05, 3.63) is 29.6 Å². The Labute approximate surface area is 158 Å². The minimum Gasteiger partial charge on any atom is -0.462 e. The Morgan fingerprint density at radius 2 is 2.11 bits per heavy atom. The molecule has 3 N–H and O–H groups in total. The van der Waals surface area contributed by atoms with Gasteiger partial charge in [-0.2, -0.15) is 0 Å². The zero-order valence-electron chi connectivity index (χ0n) is 16.0. The van der Waals surface area contributed by atoms with Gasteiger partial charge < -0.3 is 20.1 Å². The standard InChI is InChI=1S/C20H26N4O3/c1-4-6-7-16-23-17-18(24(16)11-12(3)25)14-9-8-13(20(26)27-5-2)10-15(14)22-19(17)21/h8-10,12,25H,4-7,11H2,1-3H3,(H2,21,22). The molecule has 27 heavy (non-hydrogen) atoms. The summed E-state index contributed by atoms with van der Waals surface area (Å²) in [6, 6.07) is 5.26. The smallest absolute Gasteiger partial charge is 0.338 e. The third-order valence-corrected chi connectivity index (χ3v) is 4.49. The highest BCUT2D eigenvalue weighted by Gasteiger charge is 2.19. The maximum Gasteiger partial charge on any atom is 0.338 e. The molecule has 0 spiro atoms. The van der Waals surface area contributed by atoms with Gasteiger partial charge in [-0.3, -0.25) is 0 Å². The molecule has 7 nitrogen and oxygen atoms in total. The number of esters is 1. The summed E-state index contributed by atoms with van der Waals surface area (Å²) in [4.78, 5) is 21.2. The molecular weight excluding hydrogens is 344 g/mol. The van der Waals surface area contributed by atoms with Gasteiger partial charge in [-0.15, -0.1) is 0 Å². The van der Waals surface area contributed by atoms with Gasteiger partial charge >= 0.3 is 5.97 Å². The lowest BCUT2D eigenvalue weighted by Crippen LogP contribution is -2.14. The van der Waals surface area contributed by atoms with Crippen LogP contribution >= 0.6 is 0 Å². The highest BCUT2D eigenvalue weighted by atomic mass is 16.5. The Hall–Kier alpha value is -2.67. The maximum atomic E-state index is 12.0. The minimum atomic E-state index is -0.522. The van der Waals surface area contributed by atoms with Crippen LogP contribution in [-0.4, -0.2) is 38.3 Å². The summed E-state index contributed by atoms with van der Waals surface area (Å²) in [5, 5.41) is 10.8. The first-order valence-corrected chi connectivity index (χ1v) is 9.39. The molecule has 2 heterocycles. The van der Waals surface area contributed by atoms with Gasteiger partial charge in [-0.25, -0.2) is 14.8 Å². The molecular formula is C20H26N4O3. The molecule has 0 fully saturated rings. The number of rotatable bonds is 7. The molecule has 3 aromatic rings. The van der Waals surface area contributed by atoms with Crippen molar-refractivity contribution in [2.45, 2.75) is 52.7 Å². The van der Waals surface area contributed by atoms with Crippen molar-refractivity contribution in [3.8, 4) is 0 Å². The number of nitrogen functional groups attached to an aromatic ring is 1. The number of nitrogens with two attached hydrogens (primary N) is 1. The molecule has 0 aliphatic heterocycles. The number of fused-ring (bicyclic) bond motifs is 3. The molecule has 0 aliphatic carbocycles. The molecule has 0 saturated heterocycles. The highest BCUT2D eigenvalue weighted by Crippen LogP contribution is 2.30. The zero-order valence-corrected chi connectivity index (χ0v) is 16.0. The number of aromatic nitrogens is 3. The fraction of sp³-hybridized carbons (Fsp3) is 0.450. The Bertz CT molecular complexity index is 978. The van der Waals surface area contributed by atoms with Gasteiger partial charge in [0.15, 0.2) is 5.82 Å². The Morgan fingerprint density at radius 1 is 1.33 bits per heavy atom. The van der Waals surface area contributed by atoms with E-state index in [4.69, 9.17) is 15.5 Å². The predicted molar refractivity (Wildman–Crippen MR) is 106 cm³/mol. The van der Waals surface area contributed by atoms with E-state index in [1.165, 1.54) is 0 Å². The monoisotopic (exact) mass is 370 g/mol. The van der Waals surface area contributed by atoms with E-state index in [2.05, 4.69) is 11.9 Å². The summed E-state index contributed by atoms with van der Waals surface area (Å²) in [5.41, 5.74) is 8.71. The third-order valence-electron chi connectivity index (χ3n) is 4.49. The number of hydrogen-bond acceptors (Lipinski definition) is 6. The number of carbonyl (C=O) groups excluding carboxylic acids is 1. The summed E-state index contributed by atoms with van der Waals surface area (Å²) >= 11 is 0. The van der Waals surface area contributed by atoms with Crippen LogP contribution in [0.3, 0.4) is 0 Å². The molecule has 1 atom stereocenters. The number of aliphatic hydroxyl groups is 1. The first-order valence-electron chi connectivity index (χ1n) is 9.39. The number of aryl methyl sites for hydroxylation is 1. The minimum absolute atomic E-state index is 0.313. The van der Waals surface area contributed by atoms with Crippen LogP contribution in [0.5, 0.6) is 0 Å². The van der Waals surface area contributed by atoms with Gasteiger partial charge in [0, 0.05) is 11.8 Å². The van der Waals surface area contributed by atoms with Gasteiger partial charge in [0.05, 0.1) is 35.9 Å². The molecule has 144 valence electrons. The van der Waals surface area contributed by atoms with Gasteiger partial charge in [0.25, 0.3) is 0 Å². The quantitative estimate of drug-likeness (QED) is 0.620. The number of pyridine rings is 1. The lowest BCUT2D eigenvalue weighted by atomic mass is 10.1. The van der Waals surface area contributed by atoms with Crippen molar-refractivity contribution in [2.24, 2.45) is 0 Å². The second-order valence-electron chi connectivity index (χ2n) is 6.74. The fourth-order valence-corrected chi connectivity index (χ4v) is 3.29. The molecule has 2 aromatic heterocycles. The summed E-state index contributed by atoms with van der Waals surface area (Å²) in [7, 11) is 0. The van der Waals surface area contributed by atoms with Crippen molar-refractivity contribution in [1.29, 1.82) is 0 Å². The second kappa shape index (κ2) is 7.92. The molecule has 1 aromatic carbocycles. The Kier molecular flexibility index (Phi) is 5.60. The molecule has 0 radical (unpaired) electrons. The predicted octanol–water partition coefficient (Wildman–Crippen LogP) is 3.07. The van der Waals surface area contributed by atoms with Crippen molar-refractivity contribution in [3.63, 3.8) is 0 Å². The van der Waals surface area contributed by atoms with Crippen LogP contribution in [0.15, 0.2) is 18.2 Å². The van der Waals surface area contributed by atoms with Gasteiger partial charge in [-0.1, -0.05) is 13.3 Å². The number of hydrogen-bond donors (Lipinski definition) is 2. The topological polar surface area (TPSA) is 103 Å². The molecule has 7 heteroatoms. The van der Waals surface area contributed by atoms with Crippen molar-refractivity contribution in [2.75, 3.05) is 12.3 Å². The number of benzene rings is 1. The number of nitrogens with zero attached hydrogens (tertiary/aromatic N) is 3. The molecule has 1 unspecified atom stereocenters. The van der Waals surface area contributed by atoms with E-state index < -0.39 is 6.10 Å². The summed E-state index contributed by atoms with van der Waals surface area (Å²) < 4.78 is 7.10. The molecule has 0 bridgehead atoms. The molecule has 3 rings (SSSR count). The van der Waals surface area contributed by atoms with E-state index >= 15 is 0 Å². The van der Waals surface area contributed by atoms with Crippen LogP contribution < -0.4 is 5.73 Å². The van der Waals surface area contributed by atoms with E-state index in [-0.39, 0.29) is 5.97 Å². The normalized spacial score (nSPS) is 12.6. The summed E-state index contributed by atoms with van der Waals surface area (Å²) in [6.45, 7) is 6.39. The largest absolute Gasteiger partial charge is 0.462 e. The van der Waals surface area contributed by atoms with Gasteiger partial charge in [-0.05, 0) is 38.5 Å². The number of unbranched alkanes of at least 4 members (excludes halogenated alkanes) is 1. The summed E-state index contributed by atoms with van der Waals surface area (Å²) in [6.07, 6.45) is 2.34. The van der Waals surface area contributed by atoms with Crippen molar-refractivity contribution >= 4 is 33.7 Å². The van der Waals surface area contributed by atoms with Crippen LogP contribution in [-0.2, 0) is 17.7 Å². The van der Waals surface area contributed by atoms with E-state index in [0.29, 0.717) is 35.6 Å². The SMILES string of the molecule is CCCCc1nc2c(N)nc3cc(C(=O)OCC)ccc3c2n1CC(C)O. The maximum absolute atomic E-state index is 12.0. The van der Waals surface area contributed by atoms with Crippen LogP contribution in [0.1, 0.15) is 49.8 Å². The lowest BCUT2D eigenvalue weighted by Gasteiger charge is -2.13. The van der Waals surface area contributed by atoms with E-state index in [9.17, 15) is 9.90 Å². The second-order valence-corrected chi connectivity index (χ2v) is 6.74. The average Bonchev–Trinajstić information content (AvgIpc) is 2.98. The number of imidazole rings is 1. The Morgan fingerprint density at radius 3 is 2.78 bits per heavy atom. The van der Waals surface area contributed by atoms with Crippen LogP contribution in [0.4, 0.5) is 5.82 Å². The lowest BCUT2D eigenvalue weighted by molar-refractivity contribution is 0.0526. The highest BCUT2D eigenvalue weighted by molar-refractivity contribution is 6.08. The third kappa shape index (κ3) is 3.73. The summed E-state index contributed by atoms with van der Waals surface area (Å²) in [5.74, 6) is 0.824. The van der Waals surface area contributed by atoms with Crippen molar-refractivity contribution in [1.82, 2.24) is 14.5 Å². The average molecular weight is 370 g/mol. The van der Waals surface area contributed by atoms with Crippen LogP contribution in [0.2, 0.25) is 0 Å². The first-order chi connectivity index (χ1) is 13.0. The number of anilines is 1. The van der Waals surface area contributed by atoms with Crippen LogP contribution in [0, 0.1) is 0 Å². The zero-order chi connectivity index (χ0) is 19.6. The van der Waals surface area contributed by atoms with E-state index in [1.807, 2.05) is 10.6 Å². The van der Waals surface area contributed by atoms with Gasteiger partial charge in [0.2, 0.25) is 0 Å². The van der Waals surface area contributed by atoms with Crippen LogP contribution in [0.25, 0.3) is 21.9 Å². The Balaban J connectivity index is 2.24. The number of ether oxygens (including phenoxy) is 1. The molecule has 0 saturated carbocycles. The molecule has 0 amide bonds. The van der Waals surface area contributed by atoms with Crippen molar-refractivity contribution < 1.29 is 14.6 Å². The first kappa shape index (κ1) is 19.1. The fourth-order valence-electron chi connectivity index (χ4n) is 3.29. The van der Waals surface area contributed by atoms with Gasteiger partial charge in [0.1, 0.15) is 11.3 Å².